The second-order valence-electron chi connectivity index (χ2n) is 3.43. The van der Waals surface area contributed by atoms with Gasteiger partial charge < -0.3 is 20.3 Å². The van der Waals surface area contributed by atoms with Gasteiger partial charge in [0.05, 0.1) is 12.9 Å². The standard InChI is InChI=1S/C10H13ClN4O3/c1-7(11)4-13-10(18)12-2-3-15-5-8(9(16)17)14-6-15/h5-6H,1-4H2,(H,16,17)(H2,12,13,18). The molecule has 0 radical (unpaired) electrons. The lowest BCUT2D eigenvalue weighted by Crippen LogP contribution is -2.37. The van der Waals surface area contributed by atoms with Gasteiger partial charge in [0.2, 0.25) is 0 Å². The fourth-order valence-electron chi connectivity index (χ4n) is 1.13. The van der Waals surface area contributed by atoms with Gasteiger partial charge in [0.15, 0.2) is 5.69 Å². The van der Waals surface area contributed by atoms with E-state index in [2.05, 4.69) is 22.2 Å². The number of imidazole rings is 1. The Hall–Kier alpha value is -2.02. The van der Waals surface area contributed by atoms with E-state index in [1.807, 2.05) is 0 Å². The average molecular weight is 273 g/mol. The maximum Gasteiger partial charge on any atom is 0.356 e. The van der Waals surface area contributed by atoms with Crippen molar-refractivity contribution in [3.8, 4) is 0 Å². The van der Waals surface area contributed by atoms with Crippen molar-refractivity contribution in [2.75, 3.05) is 13.1 Å². The molecule has 98 valence electrons. The van der Waals surface area contributed by atoms with Crippen LogP contribution >= 0.6 is 11.6 Å². The van der Waals surface area contributed by atoms with E-state index < -0.39 is 5.97 Å². The summed E-state index contributed by atoms with van der Waals surface area (Å²) in [6.45, 7) is 4.39. The molecule has 1 rings (SSSR count). The topological polar surface area (TPSA) is 96.3 Å². The number of urea groups is 1. The number of carboxylic acids is 1. The number of nitrogens with one attached hydrogen (secondary N) is 2. The van der Waals surface area contributed by atoms with Crippen LogP contribution in [0, 0.1) is 0 Å². The second kappa shape index (κ2) is 6.65. The lowest BCUT2D eigenvalue weighted by Gasteiger charge is -2.06. The summed E-state index contributed by atoms with van der Waals surface area (Å²) < 4.78 is 1.57. The lowest BCUT2D eigenvalue weighted by atomic mass is 10.5. The molecule has 0 aliphatic carbocycles. The Bertz CT molecular complexity index is 458. The minimum Gasteiger partial charge on any atom is -0.476 e. The molecular formula is C10H13ClN4O3. The van der Waals surface area contributed by atoms with Gasteiger partial charge in [-0.15, -0.1) is 0 Å². The van der Waals surface area contributed by atoms with Crippen LogP contribution < -0.4 is 10.6 Å². The van der Waals surface area contributed by atoms with Crippen LogP contribution in [0.1, 0.15) is 10.5 Å². The molecule has 0 spiro atoms. The Morgan fingerprint density at radius 2 is 2.22 bits per heavy atom. The van der Waals surface area contributed by atoms with Crippen molar-refractivity contribution in [1.82, 2.24) is 20.2 Å². The average Bonchev–Trinajstić information content (AvgIpc) is 2.75. The van der Waals surface area contributed by atoms with Crippen molar-refractivity contribution < 1.29 is 14.7 Å². The van der Waals surface area contributed by atoms with Gasteiger partial charge in [0, 0.05) is 24.3 Å². The first-order chi connectivity index (χ1) is 8.49. The van der Waals surface area contributed by atoms with Gasteiger partial charge in [-0.2, -0.15) is 0 Å². The smallest absolute Gasteiger partial charge is 0.356 e. The fourth-order valence-corrected chi connectivity index (χ4v) is 1.20. The maximum atomic E-state index is 11.2. The van der Waals surface area contributed by atoms with Crippen LogP contribution in [0.2, 0.25) is 0 Å². The van der Waals surface area contributed by atoms with E-state index in [9.17, 15) is 9.59 Å². The molecule has 0 saturated carbocycles. The molecule has 0 unspecified atom stereocenters. The van der Waals surface area contributed by atoms with Gasteiger partial charge >= 0.3 is 12.0 Å². The minimum atomic E-state index is -1.08. The van der Waals surface area contributed by atoms with Gasteiger partial charge in [-0.05, 0) is 0 Å². The van der Waals surface area contributed by atoms with Crippen LogP contribution in [0.15, 0.2) is 24.1 Å². The van der Waals surface area contributed by atoms with E-state index in [0.29, 0.717) is 18.1 Å². The molecule has 3 N–H and O–H groups in total. The predicted molar refractivity (Wildman–Crippen MR) is 65.6 cm³/mol. The van der Waals surface area contributed by atoms with Crippen LogP contribution in [0.25, 0.3) is 0 Å². The summed E-state index contributed by atoms with van der Waals surface area (Å²) in [5.74, 6) is -1.08. The Labute approximate surface area is 108 Å². The Morgan fingerprint density at radius 1 is 1.50 bits per heavy atom. The number of carbonyl (C=O) groups excluding carboxylic acids is 1. The quantitative estimate of drug-likeness (QED) is 0.708. The Balaban J connectivity index is 2.26. The summed E-state index contributed by atoms with van der Waals surface area (Å²) in [4.78, 5) is 25.5. The van der Waals surface area contributed by atoms with Crippen molar-refractivity contribution in [1.29, 1.82) is 0 Å². The number of rotatable bonds is 6. The van der Waals surface area contributed by atoms with E-state index in [4.69, 9.17) is 16.7 Å². The number of amides is 2. The molecule has 0 bridgehead atoms. The van der Waals surface area contributed by atoms with E-state index >= 15 is 0 Å². The molecule has 1 heterocycles. The zero-order valence-electron chi connectivity index (χ0n) is 9.52. The first-order valence-electron chi connectivity index (χ1n) is 5.09. The summed E-state index contributed by atoms with van der Waals surface area (Å²) in [5, 5.41) is 14.1. The van der Waals surface area contributed by atoms with Gasteiger partial charge in [-0.25, -0.2) is 14.6 Å². The molecule has 1 aromatic heterocycles. The third-order valence-electron chi connectivity index (χ3n) is 1.95. The highest BCUT2D eigenvalue weighted by Crippen LogP contribution is 1.95. The Kier molecular flexibility index (Phi) is 5.19. The first-order valence-corrected chi connectivity index (χ1v) is 5.47. The van der Waals surface area contributed by atoms with E-state index in [0.717, 1.165) is 0 Å². The summed E-state index contributed by atoms with van der Waals surface area (Å²) >= 11 is 5.48. The van der Waals surface area contributed by atoms with Gasteiger partial charge in [0.25, 0.3) is 0 Å². The number of halogens is 1. The van der Waals surface area contributed by atoms with Gasteiger partial charge in [-0.1, -0.05) is 18.2 Å². The zero-order valence-corrected chi connectivity index (χ0v) is 10.3. The Morgan fingerprint density at radius 3 is 2.78 bits per heavy atom. The third-order valence-corrected chi connectivity index (χ3v) is 2.08. The van der Waals surface area contributed by atoms with Crippen molar-refractivity contribution in [2.24, 2.45) is 0 Å². The second-order valence-corrected chi connectivity index (χ2v) is 3.96. The van der Waals surface area contributed by atoms with Gasteiger partial charge in [-0.3, -0.25) is 0 Å². The van der Waals surface area contributed by atoms with E-state index in [1.165, 1.54) is 12.5 Å². The molecule has 18 heavy (non-hydrogen) atoms. The van der Waals surface area contributed by atoms with E-state index in [1.54, 1.807) is 4.57 Å². The lowest BCUT2D eigenvalue weighted by molar-refractivity contribution is 0.0691. The number of hydrogen-bond donors (Lipinski definition) is 3. The number of nitrogens with zero attached hydrogens (tertiary/aromatic N) is 2. The largest absolute Gasteiger partial charge is 0.476 e. The summed E-state index contributed by atoms with van der Waals surface area (Å²) in [6.07, 6.45) is 2.78. The highest BCUT2D eigenvalue weighted by molar-refractivity contribution is 6.29. The number of carboxylic acid groups (broad SMARTS) is 1. The number of aromatic carboxylic acids is 1. The molecule has 0 aliphatic heterocycles. The molecule has 0 aliphatic rings. The maximum absolute atomic E-state index is 11.2. The first kappa shape index (κ1) is 14.0. The molecular weight excluding hydrogens is 260 g/mol. The van der Waals surface area contributed by atoms with E-state index in [-0.39, 0.29) is 18.3 Å². The van der Waals surface area contributed by atoms with Crippen LogP contribution in [-0.2, 0) is 6.54 Å². The monoisotopic (exact) mass is 272 g/mol. The normalized spacial score (nSPS) is 9.83. The van der Waals surface area contributed by atoms with Crippen molar-refractivity contribution >= 4 is 23.6 Å². The number of aromatic nitrogens is 2. The van der Waals surface area contributed by atoms with Crippen LogP contribution in [0.3, 0.4) is 0 Å². The number of carbonyl (C=O) groups is 2. The molecule has 7 nitrogen and oxygen atoms in total. The predicted octanol–water partition coefficient (Wildman–Crippen LogP) is 0.633. The fraction of sp³-hybridized carbons (Fsp3) is 0.300. The SMILES string of the molecule is C=C(Cl)CNC(=O)NCCn1cnc(C(=O)O)c1. The molecule has 0 saturated heterocycles. The molecule has 0 aromatic carbocycles. The van der Waals surface area contributed by atoms with Crippen LogP contribution in [-0.4, -0.2) is 39.7 Å². The summed E-state index contributed by atoms with van der Waals surface area (Å²) in [6, 6.07) is -0.365. The number of hydrogen-bond acceptors (Lipinski definition) is 3. The molecule has 2 amide bonds. The van der Waals surface area contributed by atoms with Crippen LogP contribution in [0.5, 0.6) is 0 Å². The zero-order chi connectivity index (χ0) is 13.5. The van der Waals surface area contributed by atoms with Crippen LogP contribution in [0.4, 0.5) is 4.79 Å². The van der Waals surface area contributed by atoms with Crippen molar-refractivity contribution in [3.05, 3.63) is 29.8 Å². The highest BCUT2D eigenvalue weighted by atomic mass is 35.5. The summed E-state index contributed by atoms with van der Waals surface area (Å²) in [7, 11) is 0. The van der Waals surface area contributed by atoms with Crippen molar-refractivity contribution in [2.45, 2.75) is 6.54 Å². The van der Waals surface area contributed by atoms with Gasteiger partial charge in [0.1, 0.15) is 0 Å². The minimum absolute atomic E-state index is 0.0297. The molecule has 0 atom stereocenters. The highest BCUT2D eigenvalue weighted by Gasteiger charge is 2.06. The third kappa shape index (κ3) is 4.88. The molecule has 0 fully saturated rings. The molecule has 1 aromatic rings. The molecule has 8 heteroatoms. The summed E-state index contributed by atoms with van der Waals surface area (Å²) in [5.41, 5.74) is -0.0297. The van der Waals surface area contributed by atoms with Crippen molar-refractivity contribution in [3.63, 3.8) is 0 Å².